The van der Waals surface area contributed by atoms with Gasteiger partial charge >= 0.3 is 35.8 Å². The predicted octanol–water partition coefficient (Wildman–Crippen LogP) is 12.5. The third-order valence-corrected chi connectivity index (χ3v) is 18.4. The van der Waals surface area contributed by atoms with Crippen molar-refractivity contribution >= 4 is 35.8 Å². The smallest absolute Gasteiger partial charge is 0.338 e. The molecular weight excluding hydrogens is 1410 g/mol. The molecule has 0 aliphatic carbocycles. The van der Waals surface area contributed by atoms with E-state index in [9.17, 15) is 24.3 Å². The van der Waals surface area contributed by atoms with Gasteiger partial charge in [0.2, 0.25) is 0 Å². The minimum absolute atomic E-state index is 0.00252. The number of carbonyl (C=O) groups excluding carboxylic acids is 6. The van der Waals surface area contributed by atoms with Crippen molar-refractivity contribution in [1.29, 1.82) is 0 Å². The largest absolute Gasteiger partial charge is 0.459 e. The van der Waals surface area contributed by atoms with Gasteiger partial charge in [-0.05, 0) is 95.1 Å². The lowest BCUT2D eigenvalue weighted by Gasteiger charge is -2.50. The summed E-state index contributed by atoms with van der Waals surface area (Å²) in [4.78, 5) is 88.6. The van der Waals surface area contributed by atoms with Crippen LogP contribution in [0.3, 0.4) is 0 Å². The van der Waals surface area contributed by atoms with Crippen molar-refractivity contribution in [1.82, 2.24) is 0 Å². The van der Waals surface area contributed by atoms with E-state index < -0.39 is 141 Å². The quantitative estimate of drug-likeness (QED) is 0.0313. The number of aliphatic hydroxyl groups is 1. The van der Waals surface area contributed by atoms with Crippen LogP contribution in [-0.4, -0.2) is 153 Å². The lowest BCUT2D eigenvalue weighted by Crippen LogP contribution is -2.68. The van der Waals surface area contributed by atoms with Crippen molar-refractivity contribution in [2.75, 3.05) is 19.8 Å². The van der Waals surface area contributed by atoms with E-state index in [1.165, 1.54) is 72.8 Å². The Bertz CT molecular complexity index is 4520. The van der Waals surface area contributed by atoms with Crippen molar-refractivity contribution in [3.05, 3.63) is 359 Å². The maximum Gasteiger partial charge on any atom is 0.338 e. The second kappa shape index (κ2) is 38.6. The molecule has 0 bridgehead atoms. The van der Waals surface area contributed by atoms with Crippen LogP contribution < -0.4 is 0 Å². The molecule has 22 nitrogen and oxygen atoms in total. The van der Waals surface area contributed by atoms with Crippen molar-refractivity contribution in [3.63, 3.8) is 0 Å². The molecule has 3 heterocycles. The van der Waals surface area contributed by atoms with Gasteiger partial charge in [-0.1, -0.05) is 231 Å². The van der Waals surface area contributed by atoms with Gasteiger partial charge in [0.05, 0.1) is 66.4 Å². The average Bonchev–Trinajstić information content (AvgIpc) is 0.758. The Labute approximate surface area is 635 Å². The standard InChI is InChI=1S/C88H80O22/c89-80(62-39-19-5-20-40-62)100-56-69-72(75(105-82(91)64-43-23-7-24-44-64)77(86(95)102-69)107-84(93)66-47-27-9-28-48-66)110-88-79(108-85(94)67-49-29-10-30-50-67)76(106-83(92)65-45-25-8-26-46-65)73(70(104-88)57-101-81(90)63-41-21-6-22-42-63)109-87-78(99-54-61-37-17-4-18-38-61)74(98-53-60-35-15-3-16-36-60)71(97-52-59-33-13-2-14-34-59)68(103-87)55-96-51-58-31-11-1-12-32-58/h1-50,68-79,86-88,95H,51-57H2/t68-,69+,70+,71+,72+,73+,74-,75+,76-,77-,78?,79-,86+,87-,88-/m0/s1. The first kappa shape index (κ1) is 76.8. The molecule has 110 heavy (non-hydrogen) atoms. The van der Waals surface area contributed by atoms with Gasteiger partial charge in [-0.3, -0.25) is 0 Å². The van der Waals surface area contributed by atoms with Gasteiger partial charge in [-0.25, -0.2) is 28.8 Å². The van der Waals surface area contributed by atoms with Gasteiger partial charge in [0, 0.05) is 0 Å². The summed E-state index contributed by atoms with van der Waals surface area (Å²) in [6, 6.07) is 85.0. The first-order valence-electron chi connectivity index (χ1n) is 36.0. The number of aliphatic hydroxyl groups excluding tert-OH is 1. The van der Waals surface area contributed by atoms with E-state index in [0.29, 0.717) is 0 Å². The molecule has 3 aliphatic heterocycles. The number of hydrogen-bond donors (Lipinski definition) is 1. The van der Waals surface area contributed by atoms with Gasteiger partial charge in [-0.15, -0.1) is 0 Å². The van der Waals surface area contributed by atoms with Crippen LogP contribution in [0.4, 0.5) is 0 Å². The van der Waals surface area contributed by atoms with Crippen molar-refractivity contribution in [2.45, 2.75) is 119 Å². The van der Waals surface area contributed by atoms with E-state index in [2.05, 4.69) is 0 Å². The Kier molecular flexibility index (Phi) is 27.0. The Morgan fingerprint density at radius 3 is 0.882 bits per heavy atom. The molecule has 3 aliphatic rings. The summed E-state index contributed by atoms with van der Waals surface area (Å²) in [5, 5.41) is 12.3. The average molecular weight is 1490 g/mol. The monoisotopic (exact) mass is 1490 g/mol. The summed E-state index contributed by atoms with van der Waals surface area (Å²) < 4.78 is 102. The summed E-state index contributed by atoms with van der Waals surface area (Å²) in [6.45, 7) is -1.58. The molecule has 0 amide bonds. The molecule has 0 spiro atoms. The van der Waals surface area contributed by atoms with E-state index in [0.717, 1.165) is 22.3 Å². The highest BCUT2D eigenvalue weighted by Crippen LogP contribution is 2.40. The van der Waals surface area contributed by atoms with Gasteiger partial charge in [0.1, 0.15) is 62.0 Å². The van der Waals surface area contributed by atoms with Crippen LogP contribution in [-0.2, 0) is 97.5 Å². The van der Waals surface area contributed by atoms with Crippen molar-refractivity contribution < 1.29 is 105 Å². The Morgan fingerprint density at radius 2 is 0.518 bits per heavy atom. The third-order valence-electron chi connectivity index (χ3n) is 18.4. The summed E-state index contributed by atoms with van der Waals surface area (Å²) in [5.41, 5.74) is 3.40. The molecule has 0 aromatic heterocycles. The molecule has 564 valence electrons. The maximum atomic E-state index is 15.4. The number of ether oxygens (including phenoxy) is 15. The third kappa shape index (κ3) is 20.5. The lowest BCUT2D eigenvalue weighted by molar-refractivity contribution is -0.381. The van der Waals surface area contributed by atoms with Crippen LogP contribution >= 0.6 is 0 Å². The highest BCUT2D eigenvalue weighted by Gasteiger charge is 2.60. The maximum absolute atomic E-state index is 15.4. The molecule has 3 saturated heterocycles. The van der Waals surface area contributed by atoms with Crippen LogP contribution in [0.15, 0.2) is 303 Å². The van der Waals surface area contributed by atoms with Crippen LogP contribution in [0.2, 0.25) is 0 Å². The second-order valence-corrected chi connectivity index (χ2v) is 26.0. The molecule has 1 unspecified atom stereocenters. The van der Waals surface area contributed by atoms with Crippen LogP contribution in [0.5, 0.6) is 0 Å². The highest BCUT2D eigenvalue weighted by atomic mass is 16.8. The summed E-state index contributed by atoms with van der Waals surface area (Å²) in [5.74, 6) is -5.79. The number of carbonyl (C=O) groups is 6. The SMILES string of the molecule is O=C(OC[C@H]1O[C@@H](O[C@H]2[C@@H](OC(=O)c3ccccc3)[C@H](OC(=O)c3ccccc3)[C@H](O)O[C@@H]2COC(=O)c2ccccc2)[C@@H](OC(=O)c2ccccc2)[C@@H](OC(=O)c2ccccc2)[C@@H]1O[C@@H]1O[C@@H](COCc2ccccc2)[C@@H](OCc2ccccc2)[C@H](OCc2ccccc2)C1OCc1ccccc1)c1ccccc1. The molecule has 22 heteroatoms. The number of esters is 6. The minimum atomic E-state index is -2.16. The summed E-state index contributed by atoms with van der Waals surface area (Å²) in [6.07, 6.45) is -25.8. The van der Waals surface area contributed by atoms with Gasteiger partial charge in [0.15, 0.2) is 43.3 Å². The molecule has 13 rings (SSSR count). The molecule has 0 radical (unpaired) electrons. The van der Waals surface area contributed by atoms with E-state index in [-0.39, 0.29) is 66.4 Å². The normalized spacial score (nSPS) is 23.6. The topological polar surface area (TPSA) is 261 Å². The van der Waals surface area contributed by atoms with Crippen LogP contribution in [0, 0.1) is 0 Å². The first-order chi connectivity index (χ1) is 54.0. The van der Waals surface area contributed by atoms with E-state index in [4.69, 9.17) is 71.1 Å². The fourth-order valence-corrected chi connectivity index (χ4v) is 12.9. The molecule has 10 aromatic carbocycles. The fourth-order valence-electron chi connectivity index (χ4n) is 12.9. The van der Waals surface area contributed by atoms with Crippen molar-refractivity contribution in [3.8, 4) is 0 Å². The van der Waals surface area contributed by atoms with Crippen molar-refractivity contribution in [2.24, 2.45) is 0 Å². The Morgan fingerprint density at radius 1 is 0.255 bits per heavy atom. The van der Waals surface area contributed by atoms with E-state index >= 15 is 9.59 Å². The number of rotatable bonds is 31. The molecule has 3 fully saturated rings. The fraction of sp³-hybridized carbons (Fsp3) is 0.250. The first-order valence-corrected chi connectivity index (χ1v) is 36.0. The van der Waals surface area contributed by atoms with Gasteiger partial charge in [0.25, 0.3) is 0 Å². The van der Waals surface area contributed by atoms with Crippen LogP contribution in [0.1, 0.15) is 84.4 Å². The molecule has 15 atom stereocenters. The Balaban J connectivity index is 0.974. The minimum Gasteiger partial charge on any atom is -0.459 e. The van der Waals surface area contributed by atoms with Gasteiger partial charge in [-0.2, -0.15) is 0 Å². The molecular formula is C88H80O22. The molecule has 10 aromatic rings. The van der Waals surface area contributed by atoms with Gasteiger partial charge < -0.3 is 76.2 Å². The van der Waals surface area contributed by atoms with Crippen LogP contribution in [0.25, 0.3) is 0 Å². The Hall–Kier alpha value is -11.4. The number of benzene rings is 10. The summed E-state index contributed by atoms with van der Waals surface area (Å²) in [7, 11) is 0. The second-order valence-electron chi connectivity index (χ2n) is 26.0. The summed E-state index contributed by atoms with van der Waals surface area (Å²) >= 11 is 0. The highest BCUT2D eigenvalue weighted by molar-refractivity contribution is 5.92. The molecule has 0 saturated carbocycles. The zero-order valence-electron chi connectivity index (χ0n) is 59.5. The zero-order valence-corrected chi connectivity index (χ0v) is 59.5. The lowest BCUT2D eigenvalue weighted by atomic mass is 9.94. The van der Waals surface area contributed by atoms with E-state index in [1.54, 1.807) is 109 Å². The van der Waals surface area contributed by atoms with E-state index in [1.807, 2.05) is 121 Å². The predicted molar refractivity (Wildman–Crippen MR) is 395 cm³/mol. The zero-order chi connectivity index (χ0) is 75.8. The molecule has 1 N–H and O–H groups in total. The number of hydrogen-bond acceptors (Lipinski definition) is 22.